The molecule has 3 heteroatoms. The van der Waals surface area contributed by atoms with E-state index >= 15 is 0 Å². The number of rotatable bonds is 4. The third-order valence-corrected chi connectivity index (χ3v) is 9.45. The quantitative estimate of drug-likeness (QED) is 0.178. The van der Waals surface area contributed by atoms with Crippen molar-refractivity contribution in [2.75, 3.05) is 0 Å². The Bertz CT molecular complexity index is 3990. The van der Waals surface area contributed by atoms with E-state index in [0.29, 0.717) is 22.1 Å². The Hall–Kier alpha value is -6.84. The second kappa shape index (κ2) is 10.8. The topological polar surface area (TPSA) is 14.8 Å². The van der Waals surface area contributed by atoms with Gasteiger partial charge in [0, 0.05) is 49.4 Å². The van der Waals surface area contributed by atoms with Crippen molar-refractivity contribution in [3.63, 3.8) is 0 Å². The zero-order chi connectivity index (χ0) is 46.5. The number of nitrogens with zero attached hydrogens (tertiary/aromatic N) is 3. The fraction of sp³-hybridized carbons (Fsp3) is 0. The van der Waals surface area contributed by atoms with Gasteiger partial charge in [0.15, 0.2) is 0 Å². The largest absolute Gasteiger partial charge is 0.309 e. The highest BCUT2D eigenvalue weighted by Gasteiger charge is 2.18. The minimum atomic E-state index is -0.637. The molecule has 0 atom stereocenters. The molecule has 0 saturated carbocycles. The second-order valence-corrected chi connectivity index (χ2v) is 12.2. The number of aromatic nitrogens is 3. The molecule has 3 nitrogen and oxygen atoms in total. The molecule has 0 aliphatic carbocycles. The Morgan fingerprint density at radius 2 is 0.824 bits per heavy atom. The van der Waals surface area contributed by atoms with Crippen molar-refractivity contribution in [1.82, 2.24) is 13.7 Å². The van der Waals surface area contributed by atoms with Gasteiger partial charge in [-0.1, -0.05) is 103 Å². The predicted molar refractivity (Wildman–Crippen MR) is 215 cm³/mol. The summed E-state index contributed by atoms with van der Waals surface area (Å²) in [7, 11) is 0. The average molecular weight is 665 g/mol. The van der Waals surface area contributed by atoms with Crippen molar-refractivity contribution in [3.05, 3.63) is 188 Å². The summed E-state index contributed by atoms with van der Waals surface area (Å²) in [5.74, 6) is 0. The van der Waals surface area contributed by atoms with E-state index in [-0.39, 0.29) is 49.7 Å². The van der Waals surface area contributed by atoms with Crippen molar-refractivity contribution in [2.24, 2.45) is 0 Å². The molecule has 0 aliphatic heterocycles. The highest BCUT2D eigenvalue weighted by Crippen LogP contribution is 2.40. The summed E-state index contributed by atoms with van der Waals surface area (Å²) in [6.45, 7) is 0. The van der Waals surface area contributed by atoms with E-state index < -0.39 is 95.7 Å². The van der Waals surface area contributed by atoms with Crippen LogP contribution in [0.4, 0.5) is 0 Å². The Morgan fingerprint density at radius 1 is 0.314 bits per heavy atom. The maximum Gasteiger partial charge on any atom is 0.0645 e. The third kappa shape index (κ3) is 4.12. The molecule has 11 aromatic rings. The van der Waals surface area contributed by atoms with Crippen LogP contribution in [0.2, 0.25) is 0 Å². The van der Waals surface area contributed by atoms with Gasteiger partial charge in [-0.3, -0.25) is 0 Å². The number of fused-ring (bicyclic) bond motifs is 9. The molecule has 238 valence electrons. The van der Waals surface area contributed by atoms with Crippen molar-refractivity contribution in [3.8, 4) is 28.2 Å². The highest BCUT2D eigenvalue weighted by molar-refractivity contribution is 6.14. The molecule has 11 rings (SSSR count). The van der Waals surface area contributed by atoms with Crippen molar-refractivity contribution >= 4 is 65.4 Å². The van der Waals surface area contributed by atoms with Gasteiger partial charge in [-0.05, 0) is 95.9 Å². The Morgan fingerprint density at radius 3 is 1.43 bits per heavy atom. The van der Waals surface area contributed by atoms with Gasteiger partial charge in [-0.2, -0.15) is 0 Å². The van der Waals surface area contributed by atoms with Crippen LogP contribution in [0.1, 0.15) is 20.6 Å². The van der Waals surface area contributed by atoms with E-state index in [1.54, 1.807) is 54.6 Å². The first-order valence-corrected chi connectivity index (χ1v) is 16.3. The third-order valence-electron chi connectivity index (χ3n) is 9.45. The van der Waals surface area contributed by atoms with Gasteiger partial charge in [0.05, 0.1) is 53.7 Å². The van der Waals surface area contributed by atoms with E-state index in [2.05, 4.69) is 0 Å². The van der Waals surface area contributed by atoms with Crippen LogP contribution in [0, 0.1) is 0 Å². The molecule has 0 unspecified atom stereocenters. The predicted octanol–water partition coefficient (Wildman–Crippen LogP) is 12.6. The fourth-order valence-corrected chi connectivity index (χ4v) is 7.26. The Labute approximate surface area is 315 Å². The molecule has 0 radical (unpaired) electrons. The van der Waals surface area contributed by atoms with Crippen molar-refractivity contribution in [2.45, 2.75) is 0 Å². The van der Waals surface area contributed by atoms with Gasteiger partial charge in [0.2, 0.25) is 0 Å². The van der Waals surface area contributed by atoms with Crippen LogP contribution in [0.15, 0.2) is 188 Å². The Kier molecular flexibility index (Phi) is 3.65. The summed E-state index contributed by atoms with van der Waals surface area (Å²) in [5, 5.41) is 0.844. The minimum absolute atomic E-state index is 0.0450. The summed E-state index contributed by atoms with van der Waals surface area (Å²) >= 11 is 0. The number of hydrogen-bond donors (Lipinski definition) is 0. The van der Waals surface area contributed by atoms with Gasteiger partial charge >= 0.3 is 0 Å². The minimum Gasteiger partial charge on any atom is -0.309 e. The lowest BCUT2D eigenvalue weighted by molar-refractivity contribution is 1.17. The van der Waals surface area contributed by atoms with Gasteiger partial charge in [-0.25, -0.2) is 0 Å². The molecule has 3 heterocycles. The monoisotopic (exact) mass is 664 g/mol. The highest BCUT2D eigenvalue weighted by atomic mass is 15.0. The molecule has 0 amide bonds. The summed E-state index contributed by atoms with van der Waals surface area (Å²) in [6.07, 6.45) is 0. The Balaban J connectivity index is 1.28. The molecule has 0 N–H and O–H groups in total. The lowest BCUT2D eigenvalue weighted by Crippen LogP contribution is -1.95. The van der Waals surface area contributed by atoms with Gasteiger partial charge in [0.25, 0.3) is 0 Å². The number of para-hydroxylation sites is 5. The van der Waals surface area contributed by atoms with Crippen LogP contribution in [0.3, 0.4) is 0 Å². The van der Waals surface area contributed by atoms with E-state index in [1.165, 1.54) is 9.13 Å². The fourth-order valence-electron chi connectivity index (χ4n) is 7.26. The summed E-state index contributed by atoms with van der Waals surface area (Å²) in [6, 6.07) is 21.3. The molecule has 8 aromatic carbocycles. The molecule has 0 fully saturated rings. The molecule has 0 saturated heterocycles. The van der Waals surface area contributed by atoms with Crippen LogP contribution in [0.25, 0.3) is 93.6 Å². The molecule has 3 aromatic heterocycles. The van der Waals surface area contributed by atoms with Crippen LogP contribution in [0.5, 0.6) is 0 Å². The lowest BCUT2D eigenvalue weighted by atomic mass is 10.0. The smallest absolute Gasteiger partial charge is 0.0645 e. The van der Waals surface area contributed by atoms with E-state index in [9.17, 15) is 11.0 Å². The molecule has 0 bridgehead atoms. The lowest BCUT2D eigenvalue weighted by Gasteiger charge is -2.11. The zero-order valence-electron chi connectivity index (χ0n) is 41.6. The first-order chi connectivity index (χ1) is 31.6. The van der Waals surface area contributed by atoms with E-state index in [4.69, 9.17) is 9.60 Å². The van der Waals surface area contributed by atoms with Crippen molar-refractivity contribution in [1.29, 1.82) is 0 Å². The standard InChI is InChI=1S/C48H31N3/c1-3-13-34(14-4-1)49-43-20-10-7-17-37(43)40-29-32(23-26-46(40)49)33-24-27-47-41(30-33)38-18-8-12-22-45(38)51(47)36-25-28-48-42(31-36)39-19-9-11-21-44(39)50(48)35-15-5-2-6-16-35/h1-31H/i7D,8D,9D,10D,12D,17D,18D,20D,22D,23D,24D,26D,27D,29D,30D. The van der Waals surface area contributed by atoms with Crippen LogP contribution in [-0.4, -0.2) is 13.7 Å². The van der Waals surface area contributed by atoms with Gasteiger partial charge in [-0.15, -0.1) is 0 Å². The summed E-state index contributed by atoms with van der Waals surface area (Å²) in [4.78, 5) is 0. The first-order valence-electron chi connectivity index (χ1n) is 23.8. The van der Waals surface area contributed by atoms with Gasteiger partial charge < -0.3 is 13.7 Å². The van der Waals surface area contributed by atoms with Crippen molar-refractivity contribution < 1.29 is 20.6 Å². The SMILES string of the molecule is [2H]c1ccc2c(c1)c1cc(-n3c4c([2H])c([2H])c([2H])c([2H])c4c4c([2H])c(-c5c([2H])c([2H])c6c(c5[2H])c5c([2H])c([2H])c([2H])c([2H])c5n6-c5ccccc5)c([2H])c([2H])c43)ccc1n2-c1ccccc1. The van der Waals surface area contributed by atoms with Crippen LogP contribution in [-0.2, 0) is 0 Å². The zero-order valence-corrected chi connectivity index (χ0v) is 26.6. The molecule has 0 aliphatic rings. The number of hydrogen-bond acceptors (Lipinski definition) is 0. The van der Waals surface area contributed by atoms with E-state index in [1.807, 2.05) is 47.0 Å². The molecule has 0 spiro atoms. The molecule has 51 heavy (non-hydrogen) atoms. The second-order valence-electron chi connectivity index (χ2n) is 12.2. The summed E-state index contributed by atoms with van der Waals surface area (Å²) < 4.78 is 142. The maximum atomic E-state index is 9.89. The molecular weight excluding hydrogens is 619 g/mol. The molecular formula is C48H31N3. The number of benzene rings is 8. The van der Waals surface area contributed by atoms with E-state index in [0.717, 1.165) is 16.7 Å². The van der Waals surface area contributed by atoms with Crippen LogP contribution < -0.4 is 0 Å². The maximum absolute atomic E-state index is 9.89. The normalized spacial score (nSPS) is 16.0. The van der Waals surface area contributed by atoms with Gasteiger partial charge in [0.1, 0.15) is 0 Å². The average Bonchev–Trinajstić information content (AvgIpc) is 3.98. The van der Waals surface area contributed by atoms with Crippen LogP contribution >= 0.6 is 0 Å². The summed E-state index contributed by atoms with van der Waals surface area (Å²) in [5.41, 5.74) is 1.96. The first kappa shape index (κ1) is 17.2.